The largest absolute Gasteiger partial charge is 0.494 e. The molecule has 1 unspecified atom stereocenters. The first kappa shape index (κ1) is 26.5. The summed E-state index contributed by atoms with van der Waals surface area (Å²) in [6, 6.07) is 15.0. The molecule has 2 aromatic rings. The highest BCUT2D eigenvalue weighted by Gasteiger charge is 2.20. The number of nitrogens with zero attached hydrogens (tertiary/aromatic N) is 2. The van der Waals surface area contributed by atoms with Gasteiger partial charge in [-0.2, -0.15) is 0 Å². The number of ether oxygens (including phenoxy) is 1. The van der Waals surface area contributed by atoms with Crippen LogP contribution < -0.4 is 15.4 Å². The van der Waals surface area contributed by atoms with Crippen LogP contribution in [0.5, 0.6) is 5.75 Å². The molecule has 0 radical (unpaired) electrons. The number of aliphatic imine (C=N–C) groups is 1. The summed E-state index contributed by atoms with van der Waals surface area (Å²) in [7, 11) is 2.20. The van der Waals surface area contributed by atoms with Crippen molar-refractivity contribution in [3.8, 4) is 5.75 Å². The van der Waals surface area contributed by atoms with Gasteiger partial charge >= 0.3 is 0 Å². The monoisotopic (exact) mass is 574 g/mol. The van der Waals surface area contributed by atoms with Crippen LogP contribution in [0.3, 0.4) is 0 Å². The Morgan fingerprint density at radius 2 is 1.94 bits per heavy atom. The fraction of sp³-hybridized carbons (Fsp3) is 0.435. The number of benzene rings is 2. The maximum atomic E-state index is 13.9. The summed E-state index contributed by atoms with van der Waals surface area (Å²) in [4.78, 5) is 7.47. The summed E-state index contributed by atoms with van der Waals surface area (Å²) in [5.41, 5.74) is 0.952. The molecule has 1 aliphatic heterocycles. The quantitative estimate of drug-likeness (QED) is 0.288. The molecule has 6 nitrogen and oxygen atoms in total. The number of methoxy groups -OCH3 is 1. The molecule has 2 aromatic carbocycles. The van der Waals surface area contributed by atoms with Crippen molar-refractivity contribution in [2.45, 2.75) is 30.3 Å². The van der Waals surface area contributed by atoms with E-state index in [0.717, 1.165) is 48.9 Å². The molecule has 1 heterocycles. The van der Waals surface area contributed by atoms with Gasteiger partial charge in [0.25, 0.3) is 0 Å². The third-order valence-electron chi connectivity index (χ3n) is 5.36. The van der Waals surface area contributed by atoms with E-state index in [9.17, 15) is 8.60 Å². The standard InChI is InChI=1S/C23H31FN4O2S.HI/c1-25-23(26-12-15-31(29)20-6-4-3-5-7-20)27-19-10-13-28(14-11-19)17-18-8-9-22(30-2)21(24)16-18;/h3-9,16,19H,10-15,17H2,1-2H3,(H2,25,26,27);1H. The zero-order chi connectivity index (χ0) is 22.1. The van der Waals surface area contributed by atoms with E-state index < -0.39 is 10.8 Å². The Hall–Kier alpha value is -1.72. The second-order valence-corrected chi connectivity index (χ2v) is 9.10. The average Bonchev–Trinajstić information content (AvgIpc) is 2.80. The smallest absolute Gasteiger partial charge is 0.191 e. The fourth-order valence-corrected chi connectivity index (χ4v) is 4.63. The van der Waals surface area contributed by atoms with Gasteiger partial charge in [-0.25, -0.2) is 4.39 Å². The van der Waals surface area contributed by atoms with Crippen molar-refractivity contribution in [1.29, 1.82) is 0 Å². The van der Waals surface area contributed by atoms with E-state index in [-0.39, 0.29) is 35.5 Å². The van der Waals surface area contributed by atoms with Crippen LogP contribution in [0.2, 0.25) is 0 Å². The van der Waals surface area contributed by atoms with Crippen molar-refractivity contribution in [3.63, 3.8) is 0 Å². The van der Waals surface area contributed by atoms with Crippen molar-refractivity contribution in [2.75, 3.05) is 39.5 Å². The summed E-state index contributed by atoms with van der Waals surface area (Å²) in [5, 5.41) is 6.73. The zero-order valence-electron chi connectivity index (χ0n) is 18.6. The van der Waals surface area contributed by atoms with Crippen LogP contribution >= 0.6 is 24.0 Å². The fourth-order valence-electron chi connectivity index (χ4n) is 3.64. The predicted octanol–water partition coefficient (Wildman–Crippen LogP) is 3.39. The van der Waals surface area contributed by atoms with Crippen molar-refractivity contribution in [1.82, 2.24) is 15.5 Å². The highest BCUT2D eigenvalue weighted by molar-refractivity contribution is 14.0. The van der Waals surface area contributed by atoms with Gasteiger partial charge in [-0.1, -0.05) is 24.3 Å². The molecular formula is C23H32FIN4O2S. The minimum atomic E-state index is -1.02. The molecular weight excluding hydrogens is 542 g/mol. The van der Waals surface area contributed by atoms with Crippen LogP contribution in [0.15, 0.2) is 58.4 Å². The maximum absolute atomic E-state index is 13.9. The van der Waals surface area contributed by atoms with Crippen LogP contribution in [0.4, 0.5) is 4.39 Å². The number of hydrogen-bond donors (Lipinski definition) is 2. The molecule has 1 saturated heterocycles. The summed E-state index contributed by atoms with van der Waals surface area (Å²) < 4.78 is 31.2. The highest BCUT2D eigenvalue weighted by atomic mass is 127. The Labute approximate surface area is 209 Å². The van der Waals surface area contributed by atoms with E-state index in [0.29, 0.717) is 18.3 Å². The molecule has 0 amide bonds. The first-order chi connectivity index (χ1) is 15.1. The minimum Gasteiger partial charge on any atom is -0.494 e. The average molecular weight is 575 g/mol. The maximum Gasteiger partial charge on any atom is 0.191 e. The molecule has 3 rings (SSSR count). The Morgan fingerprint density at radius 3 is 2.56 bits per heavy atom. The second-order valence-electron chi connectivity index (χ2n) is 7.53. The van der Waals surface area contributed by atoms with Gasteiger partial charge in [0.05, 0.1) is 17.9 Å². The van der Waals surface area contributed by atoms with Gasteiger partial charge in [0, 0.05) is 49.9 Å². The lowest BCUT2D eigenvalue weighted by atomic mass is 10.0. The molecule has 0 saturated carbocycles. The lowest BCUT2D eigenvalue weighted by Gasteiger charge is -2.33. The van der Waals surface area contributed by atoms with E-state index >= 15 is 0 Å². The molecule has 9 heteroatoms. The lowest BCUT2D eigenvalue weighted by molar-refractivity contribution is 0.198. The van der Waals surface area contributed by atoms with Crippen LogP contribution in [0.1, 0.15) is 18.4 Å². The van der Waals surface area contributed by atoms with Gasteiger partial charge < -0.3 is 15.4 Å². The van der Waals surface area contributed by atoms with Crippen LogP contribution in [-0.4, -0.2) is 60.7 Å². The topological polar surface area (TPSA) is 66.0 Å². The molecule has 0 spiro atoms. The number of hydrogen-bond acceptors (Lipinski definition) is 4. The number of piperidine rings is 1. The van der Waals surface area contributed by atoms with Crippen molar-refractivity contribution >= 4 is 40.7 Å². The minimum absolute atomic E-state index is 0. The molecule has 176 valence electrons. The van der Waals surface area contributed by atoms with Crippen molar-refractivity contribution < 1.29 is 13.3 Å². The van der Waals surface area contributed by atoms with E-state index in [4.69, 9.17) is 4.74 Å². The van der Waals surface area contributed by atoms with Gasteiger partial charge in [-0.15, -0.1) is 24.0 Å². The number of guanidine groups is 1. The second kappa shape index (κ2) is 13.7. The molecule has 1 fully saturated rings. The zero-order valence-corrected chi connectivity index (χ0v) is 21.7. The molecule has 0 aliphatic carbocycles. The molecule has 1 atom stereocenters. The van der Waals surface area contributed by atoms with Gasteiger partial charge in [-0.05, 0) is 42.7 Å². The molecule has 1 aliphatic rings. The van der Waals surface area contributed by atoms with E-state index in [2.05, 4.69) is 20.5 Å². The Morgan fingerprint density at radius 1 is 1.22 bits per heavy atom. The SMILES string of the molecule is CN=C(NCCS(=O)c1ccccc1)NC1CCN(Cc2ccc(OC)c(F)c2)CC1.I. The van der Waals surface area contributed by atoms with Gasteiger partial charge in [0.1, 0.15) is 0 Å². The number of nitrogens with one attached hydrogen (secondary N) is 2. The van der Waals surface area contributed by atoms with Crippen LogP contribution in [0.25, 0.3) is 0 Å². The van der Waals surface area contributed by atoms with E-state index in [1.165, 1.54) is 7.11 Å². The lowest BCUT2D eigenvalue weighted by Crippen LogP contribution is -2.49. The van der Waals surface area contributed by atoms with E-state index in [1.54, 1.807) is 19.2 Å². The van der Waals surface area contributed by atoms with Gasteiger partial charge in [-0.3, -0.25) is 14.1 Å². The Balaban J connectivity index is 0.00000363. The molecule has 2 N–H and O–H groups in total. The predicted molar refractivity (Wildman–Crippen MR) is 139 cm³/mol. The number of halogens is 2. The summed E-state index contributed by atoms with van der Waals surface area (Å²) >= 11 is 0. The summed E-state index contributed by atoms with van der Waals surface area (Å²) in [6.45, 7) is 3.18. The van der Waals surface area contributed by atoms with Gasteiger partial charge in [0.2, 0.25) is 0 Å². The Kier molecular flexibility index (Phi) is 11.4. The van der Waals surface area contributed by atoms with Crippen LogP contribution in [0, 0.1) is 5.82 Å². The number of rotatable bonds is 8. The summed E-state index contributed by atoms with van der Waals surface area (Å²) in [6.07, 6.45) is 1.96. The van der Waals surface area contributed by atoms with Crippen molar-refractivity contribution in [2.24, 2.45) is 4.99 Å². The Bertz CT molecular complexity index is 893. The van der Waals surface area contributed by atoms with Gasteiger partial charge in [0.15, 0.2) is 17.5 Å². The summed E-state index contributed by atoms with van der Waals surface area (Å²) in [5.74, 6) is 1.22. The third-order valence-corrected chi connectivity index (χ3v) is 6.73. The third kappa shape index (κ3) is 8.00. The first-order valence-corrected chi connectivity index (χ1v) is 11.9. The van der Waals surface area contributed by atoms with E-state index in [1.807, 2.05) is 36.4 Å². The van der Waals surface area contributed by atoms with Crippen molar-refractivity contribution in [3.05, 3.63) is 59.9 Å². The normalized spacial score (nSPS) is 16.2. The number of likely N-dealkylation sites (tertiary alicyclic amines) is 1. The first-order valence-electron chi connectivity index (χ1n) is 10.5. The molecule has 32 heavy (non-hydrogen) atoms. The van der Waals surface area contributed by atoms with Crippen LogP contribution in [-0.2, 0) is 17.3 Å². The highest BCUT2D eigenvalue weighted by Crippen LogP contribution is 2.20. The molecule has 0 bridgehead atoms. The molecule has 0 aromatic heterocycles.